The highest BCUT2D eigenvalue weighted by Crippen LogP contribution is 2.48. The number of benzene rings is 9. The fraction of sp³-hybridized carbons (Fsp3) is 0.0811. The van der Waals surface area contributed by atoms with Gasteiger partial charge in [-0.05, 0) is 141 Å². The molecular weight excluding hydrogens is 1460 g/mol. The average Bonchev–Trinajstić information content (AvgIpc) is 1.55. The number of nitrogens with two attached hydrogens (primary N) is 2. The number of fused-ring (bicyclic) bond motifs is 2. The van der Waals surface area contributed by atoms with Crippen molar-refractivity contribution < 1.29 is 38.1 Å². The summed E-state index contributed by atoms with van der Waals surface area (Å²) in [4.78, 5) is 32.8. The van der Waals surface area contributed by atoms with E-state index in [9.17, 15) is 19.1 Å². The number of halogens is 3. The Morgan fingerprint density at radius 3 is 1.51 bits per heavy atom. The van der Waals surface area contributed by atoms with Crippen molar-refractivity contribution in [2.75, 3.05) is 27.6 Å². The van der Waals surface area contributed by atoms with Crippen molar-refractivity contribution in [3.8, 4) is 34.4 Å². The molecule has 11 aromatic rings. The lowest BCUT2D eigenvalue weighted by Gasteiger charge is -2.29. The summed E-state index contributed by atoms with van der Waals surface area (Å²) in [5.41, 5.74) is 24.2. The first-order valence-electron chi connectivity index (χ1n) is 29.0. The van der Waals surface area contributed by atoms with Crippen LogP contribution < -0.4 is 31.1 Å². The molecule has 0 spiro atoms. The van der Waals surface area contributed by atoms with E-state index in [1.54, 1.807) is 38.8 Å². The van der Waals surface area contributed by atoms with Crippen LogP contribution in [-0.2, 0) is 22.1 Å². The minimum atomic E-state index is -1.54. The Kier molecular flexibility index (Phi) is 25.7. The van der Waals surface area contributed by atoms with Crippen molar-refractivity contribution in [2.45, 2.75) is 11.1 Å². The molecule has 0 saturated heterocycles. The zero-order chi connectivity index (χ0) is 67.7. The molecule has 0 fully saturated rings. The van der Waals surface area contributed by atoms with Crippen LogP contribution in [-0.4, -0.2) is 87.3 Å². The lowest BCUT2D eigenvalue weighted by molar-refractivity contribution is 0.111. The van der Waals surface area contributed by atoms with Gasteiger partial charge in [-0.2, -0.15) is 9.66 Å². The predicted molar refractivity (Wildman–Crippen MR) is 400 cm³/mol. The highest BCUT2D eigenvalue weighted by atomic mass is 79.9. The van der Waals surface area contributed by atoms with Crippen molar-refractivity contribution in [2.24, 2.45) is 25.8 Å². The fourth-order valence-corrected chi connectivity index (χ4v) is 13.8. The summed E-state index contributed by atoms with van der Waals surface area (Å²) in [7, 11) is 2.09. The number of nitriles is 1. The number of rotatable bonds is 14. The topological polar surface area (TPSA) is 232 Å². The smallest absolute Gasteiger partial charge is 0.490 e. The third kappa shape index (κ3) is 16.6. The van der Waals surface area contributed by atoms with Crippen LogP contribution in [0.3, 0.4) is 0 Å². The summed E-state index contributed by atoms with van der Waals surface area (Å²) in [6.07, 6.45) is 3.03. The van der Waals surface area contributed by atoms with Crippen molar-refractivity contribution in [1.82, 2.24) is 0 Å². The van der Waals surface area contributed by atoms with Gasteiger partial charge < -0.3 is 35.7 Å². The number of carbonyl (C=O) groups is 2. The minimum absolute atomic E-state index is 0. The zero-order valence-corrected chi connectivity index (χ0v) is 59.3. The van der Waals surface area contributed by atoms with E-state index in [1.807, 2.05) is 169 Å². The SMILES string of the molecule is COc1ccc(Br)cc1.COc1ccc(C2(c3cccc(-c4ccsc4C=O)c3)N=C(N)c3ccccc32)cc1.COc1ccc(C2(c3cccc(Br)c3)N=C(N)c3ccccc32)cc1.CS(=O)N=C(c1cccc(Br)c1)c1ccccc1C#N.O=Cc1sccc1B(O)O.[B]. The third-order valence-electron chi connectivity index (χ3n) is 15.2. The van der Waals surface area contributed by atoms with Gasteiger partial charge in [0.15, 0.2) is 12.6 Å². The van der Waals surface area contributed by atoms with Gasteiger partial charge in [0.2, 0.25) is 0 Å². The molecule has 4 heterocycles. The molecule has 3 unspecified atom stereocenters. The Labute approximate surface area is 595 Å². The fourth-order valence-electron chi connectivity index (χ4n) is 10.8. The number of carbonyl (C=O) groups excluding carboxylic acids is 2. The van der Waals surface area contributed by atoms with Crippen molar-refractivity contribution in [3.05, 3.63) is 326 Å². The standard InChI is InChI=1S/C26H20N2O2S.C21H17BrN2O.C15H11BrN2OS.C7H7BrO.C5H5BO3S.B/c1-30-20-11-9-18(10-12-20)26(23-8-3-2-7-22(23)25(27)28-26)19-6-4-5-17(15-19)21-13-14-31-24(21)16-29;1-25-17-11-9-14(10-12-17)21(15-5-4-6-16(22)13-15)19-8-3-2-7-18(19)20(23)24-21;1-20(19)18-15(11-6-4-7-13(16)9-11)14-8-3-2-5-12(14)10-17;1-9-7-4-2-6(8)3-5-7;7-3-5-4(6(8)9)1-2-10-5;/h2-16H,1H3,(H2,27,28);2-13H,1H3,(H2,23,24);2-9H,1H3;2-5H,1H3;1-3,8-9H;. The highest BCUT2D eigenvalue weighted by molar-refractivity contribution is 9.11. The maximum Gasteiger partial charge on any atom is 0.490 e. The van der Waals surface area contributed by atoms with Crippen molar-refractivity contribution in [1.29, 1.82) is 5.26 Å². The van der Waals surface area contributed by atoms with Crippen LogP contribution in [0.2, 0.25) is 0 Å². The van der Waals surface area contributed by atoms with Gasteiger partial charge in [-0.1, -0.05) is 187 Å². The van der Waals surface area contributed by atoms with E-state index >= 15 is 0 Å². The summed E-state index contributed by atoms with van der Waals surface area (Å²) >= 11 is 12.9. The van der Waals surface area contributed by atoms with Crippen LogP contribution in [0, 0.1) is 11.3 Å². The van der Waals surface area contributed by atoms with Gasteiger partial charge in [-0.25, -0.2) is 14.2 Å². The van der Waals surface area contributed by atoms with Gasteiger partial charge in [0, 0.05) is 61.4 Å². The van der Waals surface area contributed by atoms with Crippen molar-refractivity contribution in [3.63, 3.8) is 0 Å². The largest absolute Gasteiger partial charge is 0.497 e. The molecular formula is C74H60B2Br3N6O8S3. The molecule has 2 aliphatic rings. The first kappa shape index (κ1) is 72.7. The molecule has 13 rings (SSSR count). The molecule has 22 heteroatoms. The number of ether oxygens (including phenoxy) is 3. The Bertz CT molecular complexity index is 4680. The number of aliphatic imine (C=N–C) groups is 2. The zero-order valence-electron chi connectivity index (χ0n) is 52.0. The first-order valence-corrected chi connectivity index (χ1v) is 34.6. The van der Waals surface area contributed by atoms with Gasteiger partial charge in [-0.3, -0.25) is 9.59 Å². The lowest BCUT2D eigenvalue weighted by Crippen LogP contribution is -2.30. The number of amidine groups is 2. The summed E-state index contributed by atoms with van der Waals surface area (Å²) < 4.78 is 34.3. The molecule has 2 aliphatic heterocycles. The van der Waals surface area contributed by atoms with Crippen molar-refractivity contribution >= 4 is 132 Å². The van der Waals surface area contributed by atoms with E-state index < -0.39 is 29.2 Å². The molecule has 14 nitrogen and oxygen atoms in total. The molecule has 6 N–H and O–H groups in total. The van der Waals surface area contributed by atoms with E-state index in [2.05, 4.69) is 107 Å². The normalized spacial score (nSPS) is 14.9. The summed E-state index contributed by atoms with van der Waals surface area (Å²) in [6, 6.07) is 76.7. The molecule has 2 aromatic heterocycles. The molecule has 0 aliphatic carbocycles. The second-order valence-corrected chi connectivity index (χ2v) is 26.5. The Balaban J connectivity index is 0.000000164. The van der Waals surface area contributed by atoms with E-state index in [0.717, 1.165) is 98.2 Å². The summed E-state index contributed by atoms with van der Waals surface area (Å²) in [5.74, 6) is 3.56. The predicted octanol–water partition coefficient (Wildman–Crippen LogP) is 14.5. The summed E-state index contributed by atoms with van der Waals surface area (Å²) in [5, 5.41) is 30.0. The van der Waals surface area contributed by atoms with E-state index in [4.69, 9.17) is 45.7 Å². The highest BCUT2D eigenvalue weighted by Gasteiger charge is 2.44. The number of hydrogen-bond donors (Lipinski definition) is 4. The quantitative estimate of drug-likeness (QED) is 0.0454. The molecule has 0 bridgehead atoms. The summed E-state index contributed by atoms with van der Waals surface area (Å²) in [6.45, 7) is 0. The van der Waals surface area contributed by atoms with Gasteiger partial charge in [0.25, 0.3) is 0 Å². The van der Waals surface area contributed by atoms with Gasteiger partial charge >= 0.3 is 7.12 Å². The average molecular weight is 1520 g/mol. The van der Waals surface area contributed by atoms with Crippen LogP contribution in [0.25, 0.3) is 11.1 Å². The molecule has 96 heavy (non-hydrogen) atoms. The molecule has 479 valence electrons. The number of thiophene rings is 2. The van der Waals surface area contributed by atoms with E-state index in [-0.39, 0.29) is 13.9 Å². The minimum Gasteiger partial charge on any atom is -0.497 e. The van der Waals surface area contributed by atoms with Crippen LogP contribution in [0.1, 0.15) is 80.5 Å². The molecule has 3 radical (unpaired) electrons. The second-order valence-electron chi connectivity index (χ2n) is 20.8. The number of nitrogens with zero attached hydrogens (tertiary/aromatic N) is 4. The van der Waals surface area contributed by atoms with Crippen LogP contribution in [0.15, 0.2) is 269 Å². The lowest BCUT2D eigenvalue weighted by atomic mass is 9.77. The molecule has 0 amide bonds. The van der Waals surface area contributed by atoms with Crippen LogP contribution in [0.5, 0.6) is 17.2 Å². The van der Waals surface area contributed by atoms with Gasteiger partial charge in [0.1, 0.15) is 51.0 Å². The van der Waals surface area contributed by atoms with Gasteiger partial charge in [-0.15, -0.1) is 22.7 Å². The van der Waals surface area contributed by atoms with E-state index in [0.29, 0.717) is 44.6 Å². The Morgan fingerprint density at radius 2 is 1.02 bits per heavy atom. The first-order chi connectivity index (χ1) is 46.0. The third-order valence-corrected chi connectivity index (χ3v) is 18.9. The van der Waals surface area contributed by atoms with Crippen LogP contribution in [0.4, 0.5) is 0 Å². The molecule has 3 atom stereocenters. The molecule has 0 saturated carbocycles. The van der Waals surface area contributed by atoms with E-state index in [1.165, 1.54) is 35.0 Å². The number of aldehydes is 2. The monoisotopic (exact) mass is 1520 g/mol. The van der Waals surface area contributed by atoms with Crippen LogP contribution >= 0.6 is 70.5 Å². The molecule has 9 aromatic carbocycles. The van der Waals surface area contributed by atoms with Gasteiger partial charge in [0.05, 0.1) is 48.4 Å². The maximum absolute atomic E-state index is 11.5. The number of hydrogen-bond acceptors (Lipinski definition) is 15. The number of methoxy groups -OCH3 is 3. The maximum atomic E-state index is 11.5. The Morgan fingerprint density at radius 1 is 0.552 bits per heavy atom. The Hall–Kier alpha value is -9.14. The second kappa shape index (κ2) is 34.0.